The van der Waals surface area contributed by atoms with E-state index in [0.717, 1.165) is 23.3 Å². The maximum absolute atomic E-state index is 14.5. The summed E-state index contributed by atoms with van der Waals surface area (Å²) in [5, 5.41) is 2.70. The minimum absolute atomic E-state index is 0.170. The fourth-order valence-corrected chi connectivity index (χ4v) is 2.43. The van der Waals surface area contributed by atoms with E-state index in [-0.39, 0.29) is 16.9 Å². The molecule has 2 rings (SSSR count). The van der Waals surface area contributed by atoms with Gasteiger partial charge in [0.2, 0.25) is 0 Å². The van der Waals surface area contributed by atoms with Gasteiger partial charge in [0, 0.05) is 19.4 Å². The molecule has 1 aromatic carbocycles. The average Bonchev–Trinajstić information content (AvgIpc) is 2.60. The highest BCUT2D eigenvalue weighted by atomic mass is 19.1. The van der Waals surface area contributed by atoms with Crippen molar-refractivity contribution in [2.24, 2.45) is 4.99 Å². The number of nitrogens with one attached hydrogen (secondary N) is 1. The fraction of sp³-hybridized carbons (Fsp3) is 0.211. The van der Waals surface area contributed by atoms with E-state index in [9.17, 15) is 8.78 Å². The van der Waals surface area contributed by atoms with Crippen molar-refractivity contribution in [1.82, 2.24) is 4.90 Å². The summed E-state index contributed by atoms with van der Waals surface area (Å²) < 4.78 is 28.7. The summed E-state index contributed by atoms with van der Waals surface area (Å²) in [5.41, 5.74) is 2.95. The number of rotatable bonds is 5. The van der Waals surface area contributed by atoms with Crippen molar-refractivity contribution < 1.29 is 8.78 Å². The molecule has 3 nitrogen and oxygen atoms in total. The minimum Gasteiger partial charge on any atom is -0.386 e. The Bertz CT molecular complexity index is 773. The number of hydrogen-bond donors (Lipinski definition) is 1. The van der Waals surface area contributed by atoms with Crippen molar-refractivity contribution >= 4 is 17.6 Å². The van der Waals surface area contributed by atoms with Crippen LogP contribution in [0.15, 0.2) is 59.5 Å². The summed E-state index contributed by atoms with van der Waals surface area (Å²) in [6.45, 7) is 11.7. The summed E-state index contributed by atoms with van der Waals surface area (Å²) in [6, 6.07) is 2.57. The van der Waals surface area contributed by atoms with E-state index < -0.39 is 11.6 Å². The van der Waals surface area contributed by atoms with Gasteiger partial charge in [-0.05, 0) is 31.1 Å². The molecule has 24 heavy (non-hydrogen) atoms. The molecule has 0 aromatic heterocycles. The first-order valence-electron chi connectivity index (χ1n) is 7.66. The van der Waals surface area contributed by atoms with Gasteiger partial charge in [-0.25, -0.2) is 8.78 Å². The first-order chi connectivity index (χ1) is 11.4. The lowest BCUT2D eigenvalue weighted by atomic mass is 10.0. The smallest absolute Gasteiger partial charge is 0.158 e. The summed E-state index contributed by atoms with van der Waals surface area (Å²) in [6.07, 6.45) is 5.52. The van der Waals surface area contributed by atoms with Crippen LogP contribution in [0.25, 0.3) is 5.70 Å². The van der Waals surface area contributed by atoms with Crippen LogP contribution >= 0.6 is 0 Å². The largest absolute Gasteiger partial charge is 0.386 e. The van der Waals surface area contributed by atoms with Gasteiger partial charge >= 0.3 is 0 Å². The zero-order chi connectivity index (χ0) is 17.9. The van der Waals surface area contributed by atoms with Gasteiger partial charge in [0.05, 0.1) is 28.9 Å². The van der Waals surface area contributed by atoms with E-state index in [2.05, 4.69) is 23.5 Å². The predicted octanol–water partition coefficient (Wildman–Crippen LogP) is 5.08. The Balaban J connectivity index is 2.54. The number of benzene rings is 1. The third kappa shape index (κ3) is 3.15. The standard InChI is InChI=1S/C19H21F2N3/c1-6-12(3)13(4)17-10-23-16(11-24(17)7-2)18-14(20)8-9-15(22-5)19(18)21/h7-11,22H,2-3,6H2,1,4-5H3/b17-13+. The van der Waals surface area contributed by atoms with Crippen LogP contribution in [0.3, 0.4) is 0 Å². The van der Waals surface area contributed by atoms with Crippen LogP contribution in [0.2, 0.25) is 0 Å². The highest BCUT2D eigenvalue weighted by Gasteiger charge is 2.21. The van der Waals surface area contributed by atoms with Gasteiger partial charge in [-0.2, -0.15) is 0 Å². The maximum atomic E-state index is 14.5. The van der Waals surface area contributed by atoms with E-state index in [1.165, 1.54) is 12.1 Å². The Morgan fingerprint density at radius 3 is 2.67 bits per heavy atom. The Morgan fingerprint density at radius 2 is 2.08 bits per heavy atom. The minimum atomic E-state index is -0.674. The summed E-state index contributed by atoms with van der Waals surface area (Å²) >= 11 is 0. The zero-order valence-corrected chi connectivity index (χ0v) is 14.2. The lowest BCUT2D eigenvalue weighted by molar-refractivity contribution is 0.576. The molecule has 0 fully saturated rings. The van der Waals surface area contributed by atoms with Crippen molar-refractivity contribution in [1.29, 1.82) is 0 Å². The van der Waals surface area contributed by atoms with Crippen LogP contribution in [0.4, 0.5) is 14.5 Å². The third-order valence-corrected chi connectivity index (χ3v) is 4.02. The molecule has 0 saturated carbocycles. The molecule has 1 aliphatic rings. The van der Waals surface area contributed by atoms with E-state index >= 15 is 0 Å². The molecule has 0 unspecified atom stereocenters. The second kappa shape index (κ2) is 7.25. The Hall–Kier alpha value is -2.69. The average molecular weight is 329 g/mol. The van der Waals surface area contributed by atoms with E-state index in [4.69, 9.17) is 0 Å². The molecular formula is C19H21F2N3. The zero-order valence-electron chi connectivity index (χ0n) is 14.2. The second-order valence-electron chi connectivity index (χ2n) is 5.36. The van der Waals surface area contributed by atoms with Crippen LogP contribution in [0.5, 0.6) is 0 Å². The molecule has 0 aliphatic carbocycles. The number of anilines is 1. The van der Waals surface area contributed by atoms with Gasteiger partial charge in [-0.3, -0.25) is 4.99 Å². The molecule has 1 N–H and O–H groups in total. The summed E-state index contributed by atoms with van der Waals surface area (Å²) in [5.74, 6) is -1.34. The Morgan fingerprint density at radius 1 is 1.38 bits per heavy atom. The molecule has 1 heterocycles. The molecular weight excluding hydrogens is 308 g/mol. The monoisotopic (exact) mass is 329 g/mol. The van der Waals surface area contributed by atoms with Crippen LogP contribution in [0.1, 0.15) is 25.8 Å². The second-order valence-corrected chi connectivity index (χ2v) is 5.36. The third-order valence-electron chi connectivity index (χ3n) is 4.02. The SMILES string of the molecule is C=CN1C=C(c2c(F)ccc(NC)c2F)N=C/C1=C(/C)C(=C)CC. The molecule has 0 radical (unpaired) electrons. The van der Waals surface area contributed by atoms with Gasteiger partial charge in [-0.1, -0.05) is 25.7 Å². The maximum Gasteiger partial charge on any atom is 0.158 e. The van der Waals surface area contributed by atoms with Crippen molar-refractivity contribution in [3.8, 4) is 0 Å². The van der Waals surface area contributed by atoms with Gasteiger partial charge in [0.15, 0.2) is 5.82 Å². The first-order valence-corrected chi connectivity index (χ1v) is 7.66. The first kappa shape index (κ1) is 17.7. The van der Waals surface area contributed by atoms with Crippen molar-refractivity contribution in [2.75, 3.05) is 12.4 Å². The Labute approximate surface area is 141 Å². The van der Waals surface area contributed by atoms with Gasteiger partial charge < -0.3 is 10.2 Å². The molecule has 0 bridgehead atoms. The highest BCUT2D eigenvalue weighted by molar-refractivity contribution is 5.89. The molecule has 1 aliphatic heterocycles. The number of allylic oxidation sites excluding steroid dienone is 3. The molecule has 5 heteroatoms. The van der Waals surface area contributed by atoms with Crippen LogP contribution in [-0.2, 0) is 0 Å². The lowest BCUT2D eigenvalue weighted by Crippen LogP contribution is -2.17. The van der Waals surface area contributed by atoms with Crippen LogP contribution in [0, 0.1) is 11.6 Å². The van der Waals surface area contributed by atoms with E-state index in [1.807, 2.05) is 13.8 Å². The van der Waals surface area contributed by atoms with Gasteiger partial charge in [0.25, 0.3) is 0 Å². The van der Waals surface area contributed by atoms with Gasteiger partial charge in [0.1, 0.15) is 5.82 Å². The number of hydrogen-bond acceptors (Lipinski definition) is 3. The lowest BCUT2D eigenvalue weighted by Gasteiger charge is -2.24. The van der Waals surface area contributed by atoms with E-state index in [0.29, 0.717) is 0 Å². The number of aliphatic imine (C=N–C) groups is 1. The molecule has 126 valence electrons. The predicted molar refractivity (Wildman–Crippen MR) is 96.5 cm³/mol. The highest BCUT2D eigenvalue weighted by Crippen LogP contribution is 2.31. The molecule has 1 aromatic rings. The van der Waals surface area contributed by atoms with Crippen LogP contribution in [-0.4, -0.2) is 18.2 Å². The molecule has 0 atom stereocenters. The van der Waals surface area contributed by atoms with Gasteiger partial charge in [-0.15, -0.1) is 0 Å². The van der Waals surface area contributed by atoms with E-state index in [1.54, 1.807) is 30.6 Å². The number of nitrogens with zero attached hydrogens (tertiary/aromatic N) is 2. The molecule has 0 amide bonds. The summed E-state index contributed by atoms with van der Waals surface area (Å²) in [4.78, 5) is 5.95. The fourth-order valence-electron chi connectivity index (χ4n) is 2.43. The Kier molecular flexibility index (Phi) is 5.34. The quantitative estimate of drug-likeness (QED) is 0.816. The molecule has 0 spiro atoms. The van der Waals surface area contributed by atoms with Crippen molar-refractivity contribution in [3.05, 3.63) is 71.7 Å². The normalized spacial score (nSPS) is 15.9. The topological polar surface area (TPSA) is 27.6 Å². The van der Waals surface area contributed by atoms with Crippen LogP contribution < -0.4 is 5.32 Å². The van der Waals surface area contributed by atoms with Crippen molar-refractivity contribution in [3.63, 3.8) is 0 Å². The summed E-state index contributed by atoms with van der Waals surface area (Å²) in [7, 11) is 1.58. The number of halogens is 2. The molecule has 0 saturated heterocycles. The van der Waals surface area contributed by atoms with Crippen molar-refractivity contribution in [2.45, 2.75) is 20.3 Å².